The molecule has 3 aliphatic rings. The van der Waals surface area contributed by atoms with Gasteiger partial charge in [-0.05, 0) is 29.5 Å². The molecule has 3 atom stereocenters. The largest absolute Gasteiger partial charge is 0.486 e. The van der Waals surface area contributed by atoms with Crippen molar-refractivity contribution in [1.29, 1.82) is 0 Å². The van der Waals surface area contributed by atoms with Gasteiger partial charge in [-0.3, -0.25) is 9.69 Å². The third-order valence-corrected chi connectivity index (χ3v) is 4.57. The van der Waals surface area contributed by atoms with E-state index in [2.05, 4.69) is 11.0 Å². The van der Waals surface area contributed by atoms with Crippen LogP contribution >= 0.6 is 0 Å². The van der Waals surface area contributed by atoms with E-state index in [1.807, 2.05) is 12.1 Å². The first-order chi connectivity index (χ1) is 9.72. The van der Waals surface area contributed by atoms with Crippen LogP contribution < -0.4 is 9.47 Å². The molecule has 0 bridgehead atoms. The molecule has 0 radical (unpaired) electrons. The predicted octanol–water partition coefficient (Wildman–Crippen LogP) is 1.22. The highest BCUT2D eigenvalue weighted by Gasteiger charge is 2.59. The summed E-state index contributed by atoms with van der Waals surface area (Å²) in [7, 11) is 0. The van der Waals surface area contributed by atoms with E-state index in [4.69, 9.17) is 14.6 Å². The van der Waals surface area contributed by atoms with Gasteiger partial charge in [-0.2, -0.15) is 0 Å². The molecule has 0 aromatic heterocycles. The Labute approximate surface area is 117 Å². The molecule has 1 aliphatic carbocycles. The Kier molecular flexibility index (Phi) is 2.63. The lowest BCUT2D eigenvalue weighted by Gasteiger charge is -2.22. The summed E-state index contributed by atoms with van der Waals surface area (Å²) in [5.74, 6) is 1.65. The minimum Gasteiger partial charge on any atom is -0.486 e. The molecule has 0 spiro atoms. The van der Waals surface area contributed by atoms with Gasteiger partial charge in [-0.25, -0.2) is 0 Å². The van der Waals surface area contributed by atoms with Gasteiger partial charge < -0.3 is 14.6 Å². The van der Waals surface area contributed by atoms with Crippen LogP contribution in [0.4, 0.5) is 0 Å². The van der Waals surface area contributed by atoms with E-state index in [-0.39, 0.29) is 5.92 Å². The first-order valence-corrected chi connectivity index (χ1v) is 7.06. The summed E-state index contributed by atoms with van der Waals surface area (Å²) in [6.45, 7) is 3.87. The molecule has 2 aliphatic heterocycles. The van der Waals surface area contributed by atoms with Gasteiger partial charge in [0.15, 0.2) is 11.5 Å². The summed E-state index contributed by atoms with van der Waals surface area (Å²) in [4.78, 5) is 13.3. The van der Waals surface area contributed by atoms with E-state index in [0.717, 1.165) is 31.1 Å². The normalized spacial score (nSPS) is 30.9. The molecule has 106 valence electrons. The Morgan fingerprint density at radius 2 is 1.90 bits per heavy atom. The number of nitrogens with zero attached hydrogens (tertiary/aromatic N) is 1. The molecule has 20 heavy (non-hydrogen) atoms. The fraction of sp³-hybridized carbons (Fsp3) is 0.533. The number of fused-ring (bicyclic) bond motifs is 2. The standard InChI is InChI=1S/C15H17NO4/c17-15(18)14-10-7-16(8-11(10)14)6-9-1-2-12-13(5-9)20-4-3-19-12/h1-2,5,10-11,14H,3-4,6-8H2,(H,17,18)/t10-,11+,14?. The second kappa shape index (κ2) is 4.38. The van der Waals surface area contributed by atoms with Crippen LogP contribution in [0.25, 0.3) is 0 Å². The molecule has 1 N–H and O–H groups in total. The SMILES string of the molecule is O=C(O)C1[C@H]2CN(Cc3ccc4c(c3)OCCO4)C[C@@H]12. The summed E-state index contributed by atoms with van der Waals surface area (Å²) >= 11 is 0. The molecule has 4 rings (SSSR count). The zero-order valence-corrected chi connectivity index (χ0v) is 11.1. The Hall–Kier alpha value is -1.75. The first-order valence-electron chi connectivity index (χ1n) is 7.06. The Balaban J connectivity index is 1.40. The fourth-order valence-electron chi connectivity index (χ4n) is 3.55. The summed E-state index contributed by atoms with van der Waals surface area (Å²) in [5, 5.41) is 9.02. The quantitative estimate of drug-likeness (QED) is 0.899. The molecule has 0 amide bonds. The van der Waals surface area contributed by atoms with Crippen LogP contribution in [0.5, 0.6) is 11.5 Å². The number of likely N-dealkylation sites (tertiary alicyclic amines) is 1. The van der Waals surface area contributed by atoms with Crippen LogP contribution in [0.15, 0.2) is 18.2 Å². The van der Waals surface area contributed by atoms with E-state index >= 15 is 0 Å². The maximum atomic E-state index is 11.0. The van der Waals surface area contributed by atoms with E-state index in [9.17, 15) is 4.79 Å². The molecule has 1 saturated carbocycles. The zero-order chi connectivity index (χ0) is 13.7. The minimum atomic E-state index is -0.626. The van der Waals surface area contributed by atoms with Crippen molar-refractivity contribution in [3.8, 4) is 11.5 Å². The van der Waals surface area contributed by atoms with Crippen molar-refractivity contribution in [2.45, 2.75) is 6.54 Å². The predicted molar refractivity (Wildman–Crippen MR) is 70.8 cm³/mol. The second-order valence-corrected chi connectivity index (χ2v) is 5.86. The maximum absolute atomic E-state index is 11.0. The summed E-state index contributed by atoms with van der Waals surface area (Å²) in [6.07, 6.45) is 0. The van der Waals surface area contributed by atoms with Crippen LogP contribution in [0.2, 0.25) is 0 Å². The molecule has 5 heteroatoms. The average molecular weight is 275 g/mol. The van der Waals surface area contributed by atoms with E-state index < -0.39 is 5.97 Å². The Bertz CT molecular complexity index is 547. The number of carboxylic acids is 1. The lowest BCUT2D eigenvalue weighted by Crippen LogP contribution is -2.26. The van der Waals surface area contributed by atoms with E-state index in [1.165, 1.54) is 5.56 Å². The number of rotatable bonds is 3. The molecular weight excluding hydrogens is 258 g/mol. The minimum absolute atomic E-state index is 0.0912. The lowest BCUT2D eigenvalue weighted by atomic mass is 10.1. The third-order valence-electron chi connectivity index (χ3n) is 4.57. The number of piperidine rings is 1. The molecular formula is C15H17NO4. The smallest absolute Gasteiger partial charge is 0.307 e. The van der Waals surface area contributed by atoms with Crippen molar-refractivity contribution >= 4 is 5.97 Å². The first kappa shape index (κ1) is 12.0. The molecule has 2 fully saturated rings. The third kappa shape index (κ3) is 1.93. The van der Waals surface area contributed by atoms with Gasteiger partial charge in [0.2, 0.25) is 0 Å². The van der Waals surface area contributed by atoms with Gasteiger partial charge >= 0.3 is 5.97 Å². The molecule has 1 unspecified atom stereocenters. The van der Waals surface area contributed by atoms with Crippen LogP contribution in [0.3, 0.4) is 0 Å². The van der Waals surface area contributed by atoms with Crippen molar-refractivity contribution in [1.82, 2.24) is 4.90 Å². The van der Waals surface area contributed by atoms with Gasteiger partial charge in [-0.1, -0.05) is 6.07 Å². The maximum Gasteiger partial charge on any atom is 0.307 e. The van der Waals surface area contributed by atoms with Crippen molar-refractivity contribution in [3.05, 3.63) is 23.8 Å². The van der Waals surface area contributed by atoms with E-state index in [0.29, 0.717) is 25.0 Å². The van der Waals surface area contributed by atoms with Crippen molar-refractivity contribution in [3.63, 3.8) is 0 Å². The summed E-state index contributed by atoms with van der Waals surface area (Å²) in [6, 6.07) is 6.06. The number of hydrogen-bond donors (Lipinski definition) is 1. The number of benzene rings is 1. The highest BCUT2D eigenvalue weighted by atomic mass is 16.6. The Morgan fingerprint density at radius 3 is 2.60 bits per heavy atom. The topological polar surface area (TPSA) is 59.0 Å². The summed E-state index contributed by atoms with van der Waals surface area (Å²) < 4.78 is 11.1. The zero-order valence-electron chi connectivity index (χ0n) is 11.1. The van der Waals surface area contributed by atoms with Gasteiger partial charge in [0.25, 0.3) is 0 Å². The van der Waals surface area contributed by atoms with Crippen molar-refractivity contribution < 1.29 is 19.4 Å². The molecule has 2 heterocycles. The number of carbonyl (C=O) groups is 1. The fourth-order valence-corrected chi connectivity index (χ4v) is 3.55. The summed E-state index contributed by atoms with van der Waals surface area (Å²) in [5.41, 5.74) is 1.20. The lowest BCUT2D eigenvalue weighted by molar-refractivity contribution is -0.139. The second-order valence-electron chi connectivity index (χ2n) is 5.86. The number of aliphatic carboxylic acids is 1. The van der Waals surface area contributed by atoms with Gasteiger partial charge in [0.05, 0.1) is 5.92 Å². The van der Waals surface area contributed by atoms with Crippen LogP contribution in [-0.4, -0.2) is 42.3 Å². The molecule has 1 saturated heterocycles. The average Bonchev–Trinajstić information content (AvgIpc) is 2.97. The Morgan fingerprint density at radius 1 is 1.20 bits per heavy atom. The monoisotopic (exact) mass is 275 g/mol. The van der Waals surface area contributed by atoms with Crippen molar-refractivity contribution in [2.24, 2.45) is 17.8 Å². The van der Waals surface area contributed by atoms with Crippen LogP contribution in [0, 0.1) is 17.8 Å². The molecule has 1 aromatic rings. The number of hydrogen-bond acceptors (Lipinski definition) is 4. The number of carboxylic acid groups (broad SMARTS) is 1. The van der Waals surface area contributed by atoms with Crippen LogP contribution in [-0.2, 0) is 11.3 Å². The highest BCUT2D eigenvalue weighted by Crippen LogP contribution is 2.52. The van der Waals surface area contributed by atoms with E-state index in [1.54, 1.807) is 0 Å². The van der Waals surface area contributed by atoms with Gasteiger partial charge in [0.1, 0.15) is 13.2 Å². The highest BCUT2D eigenvalue weighted by molar-refractivity contribution is 5.74. The van der Waals surface area contributed by atoms with Crippen LogP contribution in [0.1, 0.15) is 5.56 Å². The molecule has 5 nitrogen and oxygen atoms in total. The molecule has 1 aromatic carbocycles. The van der Waals surface area contributed by atoms with Gasteiger partial charge in [-0.15, -0.1) is 0 Å². The van der Waals surface area contributed by atoms with Gasteiger partial charge in [0, 0.05) is 19.6 Å². The van der Waals surface area contributed by atoms with Crippen molar-refractivity contribution in [2.75, 3.05) is 26.3 Å². The number of ether oxygens (including phenoxy) is 2.